The van der Waals surface area contributed by atoms with Gasteiger partial charge in [0.15, 0.2) is 0 Å². The molecule has 0 fully saturated rings. The maximum Gasteiger partial charge on any atom is 0.0372 e. The van der Waals surface area contributed by atoms with Gasteiger partial charge >= 0.3 is 0 Å². The van der Waals surface area contributed by atoms with E-state index in [1.807, 2.05) is 20.9 Å². The van der Waals surface area contributed by atoms with Gasteiger partial charge in [-0.05, 0) is 20.9 Å². The van der Waals surface area contributed by atoms with Crippen molar-refractivity contribution in [3.63, 3.8) is 0 Å². The summed E-state index contributed by atoms with van der Waals surface area (Å²) in [4.78, 5) is 0. The Balaban J connectivity index is 4.25. The predicted octanol–water partition coefficient (Wildman–Crippen LogP) is 1.97. The van der Waals surface area contributed by atoms with Crippen molar-refractivity contribution >= 4 is 9.24 Å². The number of hydrogen-bond donors (Lipinski definition) is 1. The molecule has 0 aromatic rings. The lowest BCUT2D eigenvalue weighted by molar-refractivity contribution is 0.642. The van der Waals surface area contributed by atoms with Crippen LogP contribution in [0.5, 0.6) is 0 Å². The van der Waals surface area contributed by atoms with Gasteiger partial charge in [0, 0.05) is 11.7 Å². The van der Waals surface area contributed by atoms with E-state index in [-0.39, 0.29) is 0 Å². The Morgan fingerprint density at radius 3 is 1.82 bits per heavy atom. The third kappa shape index (κ3) is 3.18. The normalized spacial score (nSPS) is 15.6. The fourth-order valence-corrected chi connectivity index (χ4v) is 1.54. The molecular weight excluding hydrogens is 153 g/mol. The molecule has 11 heavy (non-hydrogen) atoms. The van der Waals surface area contributed by atoms with Crippen LogP contribution in [0.15, 0.2) is 24.3 Å². The minimum Gasteiger partial charge on any atom is -0.313 e. The highest BCUT2D eigenvalue weighted by atomic mass is 31.0. The van der Waals surface area contributed by atoms with Gasteiger partial charge in [0.25, 0.3) is 0 Å². The van der Waals surface area contributed by atoms with Gasteiger partial charge in [-0.15, -0.1) is 9.24 Å². The highest BCUT2D eigenvalue weighted by Gasteiger charge is 2.15. The fourth-order valence-electron chi connectivity index (χ4n) is 1.02. The van der Waals surface area contributed by atoms with Crippen LogP contribution in [0.25, 0.3) is 0 Å². The van der Waals surface area contributed by atoms with Crippen molar-refractivity contribution in [2.24, 2.45) is 0 Å². The van der Waals surface area contributed by atoms with Crippen molar-refractivity contribution in [2.45, 2.75) is 25.5 Å². The van der Waals surface area contributed by atoms with Crippen LogP contribution in [0.3, 0.4) is 0 Å². The molecule has 0 saturated heterocycles. The lowest BCUT2D eigenvalue weighted by atomic mass is 10.0. The number of rotatable bonds is 4. The summed E-state index contributed by atoms with van der Waals surface area (Å²) in [6, 6.07) is 0.331. The van der Waals surface area contributed by atoms with E-state index in [9.17, 15) is 0 Å². The molecular formula is C9H18NP. The summed E-state index contributed by atoms with van der Waals surface area (Å²) in [6.45, 7) is 11.9. The van der Waals surface area contributed by atoms with E-state index in [1.54, 1.807) is 0 Å². The molecule has 0 amide bonds. The molecule has 0 spiro atoms. The number of hydrogen-bond acceptors (Lipinski definition) is 1. The molecule has 0 radical (unpaired) electrons. The van der Waals surface area contributed by atoms with Crippen molar-refractivity contribution in [3.8, 4) is 0 Å². The molecule has 1 nitrogen and oxygen atoms in total. The third-order valence-electron chi connectivity index (χ3n) is 1.77. The lowest BCUT2D eigenvalue weighted by Crippen LogP contribution is -2.35. The maximum atomic E-state index is 3.91. The highest BCUT2D eigenvalue weighted by Crippen LogP contribution is 2.18. The summed E-state index contributed by atoms with van der Waals surface area (Å²) in [5, 5.41) is 3.20. The van der Waals surface area contributed by atoms with Crippen LogP contribution in [-0.2, 0) is 0 Å². The summed E-state index contributed by atoms with van der Waals surface area (Å²) in [6.07, 6.45) is 0. The zero-order valence-corrected chi connectivity index (χ0v) is 8.80. The Labute approximate surface area is 72.2 Å². The maximum absolute atomic E-state index is 3.91. The molecule has 0 saturated carbocycles. The third-order valence-corrected chi connectivity index (χ3v) is 2.72. The van der Waals surface area contributed by atoms with Crippen molar-refractivity contribution < 1.29 is 0 Å². The molecule has 64 valence electrons. The van der Waals surface area contributed by atoms with E-state index in [4.69, 9.17) is 0 Å². The number of likely N-dealkylation sites (N-methyl/N-ethyl adjacent to an activating group) is 1. The average Bonchev–Trinajstić information content (AvgIpc) is 1.88. The molecule has 1 N–H and O–H groups in total. The minimum absolute atomic E-state index is 0.331. The smallest absolute Gasteiger partial charge is 0.0372 e. The first-order chi connectivity index (χ1) is 5.00. The van der Waals surface area contributed by atoms with Gasteiger partial charge in [0.05, 0.1) is 0 Å². The largest absolute Gasteiger partial charge is 0.313 e. The summed E-state index contributed by atoms with van der Waals surface area (Å²) in [5.74, 6) is 0. The average molecular weight is 171 g/mol. The van der Waals surface area contributed by atoms with E-state index in [1.165, 1.54) is 0 Å². The second-order valence-electron chi connectivity index (χ2n) is 2.98. The van der Waals surface area contributed by atoms with Gasteiger partial charge in [0.1, 0.15) is 0 Å². The standard InChI is InChI=1S/C9H18NP/c1-6(2)8(10-5)9(11)7(3)4/h8-10H,1,3,11H2,2,4-5H3. The SMILES string of the molecule is C=C(C)C(P)C(NC)C(=C)C. The molecule has 0 aromatic heterocycles. The van der Waals surface area contributed by atoms with Crippen molar-refractivity contribution in [1.29, 1.82) is 0 Å². The van der Waals surface area contributed by atoms with Gasteiger partial charge < -0.3 is 5.32 Å². The van der Waals surface area contributed by atoms with Crippen LogP contribution in [0.2, 0.25) is 0 Å². The van der Waals surface area contributed by atoms with E-state index in [2.05, 4.69) is 27.7 Å². The van der Waals surface area contributed by atoms with Gasteiger partial charge in [0.2, 0.25) is 0 Å². The van der Waals surface area contributed by atoms with Crippen molar-refractivity contribution in [3.05, 3.63) is 24.3 Å². The Kier molecular flexibility index (Phi) is 4.63. The van der Waals surface area contributed by atoms with E-state index in [0.717, 1.165) is 11.1 Å². The first kappa shape index (κ1) is 10.9. The number of nitrogens with one attached hydrogen (secondary N) is 1. The van der Waals surface area contributed by atoms with E-state index in [0.29, 0.717) is 11.7 Å². The van der Waals surface area contributed by atoms with Gasteiger partial charge in [-0.3, -0.25) is 0 Å². The summed E-state index contributed by atoms with van der Waals surface area (Å²) >= 11 is 0. The summed E-state index contributed by atoms with van der Waals surface area (Å²) in [5.41, 5.74) is 2.70. The van der Waals surface area contributed by atoms with E-state index >= 15 is 0 Å². The molecule has 3 atom stereocenters. The van der Waals surface area contributed by atoms with Crippen LogP contribution in [0, 0.1) is 0 Å². The van der Waals surface area contributed by atoms with Crippen LogP contribution >= 0.6 is 9.24 Å². The lowest BCUT2D eigenvalue weighted by Gasteiger charge is -2.23. The first-order valence-corrected chi connectivity index (χ1v) is 4.41. The van der Waals surface area contributed by atoms with Gasteiger partial charge in [-0.2, -0.15) is 0 Å². The highest BCUT2D eigenvalue weighted by molar-refractivity contribution is 7.18. The topological polar surface area (TPSA) is 12.0 Å². The monoisotopic (exact) mass is 171 g/mol. The molecule has 3 unspecified atom stereocenters. The van der Waals surface area contributed by atoms with Crippen molar-refractivity contribution in [2.75, 3.05) is 7.05 Å². The summed E-state index contributed by atoms with van der Waals surface area (Å²) < 4.78 is 0. The molecule has 0 aliphatic heterocycles. The fraction of sp³-hybridized carbons (Fsp3) is 0.556. The van der Waals surface area contributed by atoms with Gasteiger partial charge in [-0.25, -0.2) is 0 Å². The molecule has 0 rings (SSSR count). The molecule has 0 aliphatic rings. The second-order valence-corrected chi connectivity index (χ2v) is 3.70. The van der Waals surface area contributed by atoms with Crippen LogP contribution in [-0.4, -0.2) is 18.7 Å². The Hall–Kier alpha value is -0.130. The van der Waals surface area contributed by atoms with Crippen LogP contribution in [0.4, 0.5) is 0 Å². The van der Waals surface area contributed by atoms with Gasteiger partial charge in [-0.1, -0.05) is 24.3 Å². The predicted molar refractivity (Wildman–Crippen MR) is 56.0 cm³/mol. The Morgan fingerprint density at radius 2 is 1.73 bits per heavy atom. The Bertz CT molecular complexity index is 163. The van der Waals surface area contributed by atoms with Crippen LogP contribution < -0.4 is 5.32 Å². The molecule has 0 aliphatic carbocycles. The quantitative estimate of drug-likeness (QED) is 0.503. The summed E-state index contributed by atoms with van der Waals surface area (Å²) in [7, 11) is 4.72. The zero-order chi connectivity index (χ0) is 9.02. The Morgan fingerprint density at radius 1 is 1.27 bits per heavy atom. The first-order valence-electron chi connectivity index (χ1n) is 3.74. The minimum atomic E-state index is 0.331. The second kappa shape index (κ2) is 4.69. The molecule has 2 heteroatoms. The van der Waals surface area contributed by atoms with E-state index < -0.39 is 0 Å². The molecule has 0 aromatic carbocycles. The van der Waals surface area contributed by atoms with Crippen LogP contribution in [0.1, 0.15) is 13.8 Å². The molecule has 0 heterocycles. The molecule has 0 bridgehead atoms. The van der Waals surface area contributed by atoms with Crippen molar-refractivity contribution in [1.82, 2.24) is 5.32 Å². The zero-order valence-electron chi connectivity index (χ0n) is 7.65.